The summed E-state index contributed by atoms with van der Waals surface area (Å²) in [4.78, 5) is 19.7. The first-order valence-electron chi connectivity index (χ1n) is 5.16. The van der Waals surface area contributed by atoms with Crippen LogP contribution in [0.5, 0.6) is 5.75 Å². The molecule has 0 amide bonds. The fraction of sp³-hybridized carbons (Fsp3) is 0.154. The van der Waals surface area contributed by atoms with Crippen LogP contribution in [-0.2, 0) is 0 Å². The summed E-state index contributed by atoms with van der Waals surface area (Å²) in [5, 5.41) is 0. The van der Waals surface area contributed by atoms with Crippen molar-refractivity contribution in [2.75, 3.05) is 7.11 Å². The largest absolute Gasteiger partial charge is 0.496 e. The van der Waals surface area contributed by atoms with Gasteiger partial charge in [-0.25, -0.2) is 9.97 Å². The van der Waals surface area contributed by atoms with E-state index in [1.165, 1.54) is 18.7 Å². The predicted octanol–water partition coefficient (Wildman–Crippen LogP) is 2.02. The Morgan fingerprint density at radius 2 is 1.88 bits per heavy atom. The maximum atomic E-state index is 12.1. The van der Waals surface area contributed by atoms with E-state index in [2.05, 4.69) is 9.97 Å². The van der Waals surface area contributed by atoms with E-state index < -0.39 is 0 Å². The lowest BCUT2D eigenvalue weighted by Gasteiger charge is -2.06. The van der Waals surface area contributed by atoms with Crippen molar-refractivity contribution in [3.8, 4) is 5.75 Å². The van der Waals surface area contributed by atoms with Crippen molar-refractivity contribution in [1.82, 2.24) is 9.97 Å². The Balaban J connectivity index is 2.38. The van der Waals surface area contributed by atoms with Gasteiger partial charge in [-0.15, -0.1) is 0 Å². The molecule has 0 spiro atoms. The predicted molar refractivity (Wildman–Crippen MR) is 63.2 cm³/mol. The van der Waals surface area contributed by atoms with Crippen LogP contribution in [0.4, 0.5) is 0 Å². The zero-order valence-corrected chi connectivity index (χ0v) is 9.68. The van der Waals surface area contributed by atoms with E-state index in [1.54, 1.807) is 19.2 Å². The van der Waals surface area contributed by atoms with Gasteiger partial charge in [0.25, 0.3) is 0 Å². The number of hydrogen-bond donors (Lipinski definition) is 0. The molecule has 0 aliphatic carbocycles. The van der Waals surface area contributed by atoms with Gasteiger partial charge >= 0.3 is 0 Å². The minimum atomic E-state index is -0.107. The van der Waals surface area contributed by atoms with E-state index >= 15 is 0 Å². The molecule has 0 unspecified atom stereocenters. The molecule has 1 aromatic carbocycles. The number of nitrogens with zero attached hydrogens (tertiary/aromatic N) is 2. The van der Waals surface area contributed by atoms with Gasteiger partial charge in [-0.05, 0) is 18.6 Å². The summed E-state index contributed by atoms with van der Waals surface area (Å²) in [5.41, 5.74) is 2.04. The number of methoxy groups -OCH3 is 1. The second kappa shape index (κ2) is 4.74. The smallest absolute Gasteiger partial charge is 0.196 e. The van der Waals surface area contributed by atoms with Crippen LogP contribution in [0.3, 0.4) is 0 Å². The summed E-state index contributed by atoms with van der Waals surface area (Å²) in [5.74, 6) is 0.594. The van der Waals surface area contributed by atoms with Gasteiger partial charge in [0.1, 0.15) is 12.1 Å². The lowest BCUT2D eigenvalue weighted by Crippen LogP contribution is -2.03. The Hall–Kier alpha value is -2.23. The molecular weight excluding hydrogens is 216 g/mol. The molecule has 0 aliphatic heterocycles. The molecule has 2 rings (SSSR count). The van der Waals surface area contributed by atoms with E-state index in [1.807, 2.05) is 13.0 Å². The quantitative estimate of drug-likeness (QED) is 0.754. The van der Waals surface area contributed by atoms with Gasteiger partial charge in [0.15, 0.2) is 5.78 Å². The van der Waals surface area contributed by atoms with Gasteiger partial charge in [-0.1, -0.05) is 12.1 Å². The first-order valence-corrected chi connectivity index (χ1v) is 5.16. The summed E-state index contributed by atoms with van der Waals surface area (Å²) < 4.78 is 5.19. The molecule has 4 nitrogen and oxygen atoms in total. The number of carbonyl (C=O) groups excluding carboxylic acids is 1. The normalized spacial score (nSPS) is 10.0. The third-order valence-electron chi connectivity index (χ3n) is 2.49. The van der Waals surface area contributed by atoms with E-state index in [9.17, 15) is 4.79 Å². The second-order valence-corrected chi connectivity index (χ2v) is 3.64. The van der Waals surface area contributed by atoms with Crippen molar-refractivity contribution in [3.05, 3.63) is 53.6 Å². The summed E-state index contributed by atoms with van der Waals surface area (Å²) in [6, 6.07) is 5.35. The van der Waals surface area contributed by atoms with Crippen LogP contribution < -0.4 is 4.74 Å². The Labute approximate surface area is 99.3 Å². The fourth-order valence-corrected chi connectivity index (χ4v) is 1.54. The third kappa shape index (κ3) is 2.30. The number of carbonyl (C=O) groups is 1. The van der Waals surface area contributed by atoms with Crippen molar-refractivity contribution >= 4 is 5.78 Å². The maximum absolute atomic E-state index is 12.1. The highest BCUT2D eigenvalue weighted by atomic mass is 16.5. The number of aromatic nitrogens is 2. The molecule has 0 saturated heterocycles. The molecule has 0 atom stereocenters. The zero-order valence-electron chi connectivity index (χ0n) is 9.68. The number of aryl methyl sites for hydroxylation is 1. The van der Waals surface area contributed by atoms with Crippen LogP contribution in [0.15, 0.2) is 36.9 Å². The molecule has 0 aliphatic rings. The van der Waals surface area contributed by atoms with Gasteiger partial charge in [0.2, 0.25) is 0 Å². The molecule has 0 saturated carbocycles. The molecule has 0 bridgehead atoms. The molecule has 17 heavy (non-hydrogen) atoms. The van der Waals surface area contributed by atoms with Crippen LogP contribution in [0.25, 0.3) is 0 Å². The Kier molecular flexibility index (Phi) is 3.14. The van der Waals surface area contributed by atoms with E-state index in [4.69, 9.17) is 4.74 Å². The molecule has 86 valence electrons. The Morgan fingerprint density at radius 3 is 2.53 bits per heavy atom. The molecule has 1 aromatic heterocycles. The van der Waals surface area contributed by atoms with E-state index in [0.717, 1.165) is 5.56 Å². The standard InChI is InChI=1S/C13H12N2O2/c1-9-3-4-10(5-12(9)17-2)13(16)11-6-14-8-15-7-11/h3-8H,1-2H3. The van der Waals surface area contributed by atoms with E-state index in [-0.39, 0.29) is 5.78 Å². The van der Waals surface area contributed by atoms with Crippen LogP contribution in [0, 0.1) is 6.92 Å². The van der Waals surface area contributed by atoms with Gasteiger partial charge in [-0.3, -0.25) is 4.79 Å². The van der Waals surface area contributed by atoms with Crippen molar-refractivity contribution in [2.24, 2.45) is 0 Å². The zero-order chi connectivity index (χ0) is 12.3. The molecular formula is C13H12N2O2. The monoisotopic (exact) mass is 228 g/mol. The SMILES string of the molecule is COc1cc(C(=O)c2cncnc2)ccc1C. The first kappa shape index (κ1) is 11.3. The minimum Gasteiger partial charge on any atom is -0.496 e. The van der Waals surface area contributed by atoms with Crippen LogP contribution in [-0.4, -0.2) is 22.9 Å². The summed E-state index contributed by atoms with van der Waals surface area (Å²) in [6.45, 7) is 1.93. The number of benzene rings is 1. The molecule has 1 heterocycles. The fourth-order valence-electron chi connectivity index (χ4n) is 1.54. The number of ether oxygens (including phenoxy) is 1. The topological polar surface area (TPSA) is 52.1 Å². The van der Waals surface area contributed by atoms with Crippen molar-refractivity contribution < 1.29 is 9.53 Å². The van der Waals surface area contributed by atoms with Gasteiger partial charge in [0.05, 0.1) is 12.7 Å². The number of rotatable bonds is 3. The van der Waals surface area contributed by atoms with Gasteiger partial charge < -0.3 is 4.74 Å². The lowest BCUT2D eigenvalue weighted by molar-refractivity contribution is 0.103. The molecule has 0 fully saturated rings. The first-order chi connectivity index (χ1) is 8.22. The Morgan fingerprint density at radius 1 is 1.18 bits per heavy atom. The molecule has 4 heteroatoms. The summed E-state index contributed by atoms with van der Waals surface area (Å²) >= 11 is 0. The summed E-state index contributed by atoms with van der Waals surface area (Å²) in [7, 11) is 1.59. The molecule has 0 radical (unpaired) electrons. The molecule has 2 aromatic rings. The lowest BCUT2D eigenvalue weighted by atomic mass is 10.0. The van der Waals surface area contributed by atoms with Crippen LogP contribution >= 0.6 is 0 Å². The number of ketones is 1. The minimum absolute atomic E-state index is 0.107. The van der Waals surface area contributed by atoms with Crippen molar-refractivity contribution in [2.45, 2.75) is 6.92 Å². The maximum Gasteiger partial charge on any atom is 0.196 e. The third-order valence-corrected chi connectivity index (χ3v) is 2.49. The van der Waals surface area contributed by atoms with Crippen LogP contribution in [0.2, 0.25) is 0 Å². The van der Waals surface area contributed by atoms with E-state index in [0.29, 0.717) is 16.9 Å². The van der Waals surface area contributed by atoms with Gasteiger partial charge in [0, 0.05) is 18.0 Å². The van der Waals surface area contributed by atoms with Gasteiger partial charge in [-0.2, -0.15) is 0 Å². The summed E-state index contributed by atoms with van der Waals surface area (Å²) in [6.07, 6.45) is 4.40. The van der Waals surface area contributed by atoms with Crippen LogP contribution in [0.1, 0.15) is 21.5 Å². The van der Waals surface area contributed by atoms with Crippen molar-refractivity contribution in [3.63, 3.8) is 0 Å². The Bertz CT molecular complexity index is 538. The highest BCUT2D eigenvalue weighted by Gasteiger charge is 2.11. The van der Waals surface area contributed by atoms with Crippen molar-refractivity contribution in [1.29, 1.82) is 0 Å². The average Bonchev–Trinajstić information content (AvgIpc) is 2.39. The molecule has 0 N–H and O–H groups in total. The second-order valence-electron chi connectivity index (χ2n) is 3.64. The average molecular weight is 228 g/mol. The number of hydrogen-bond acceptors (Lipinski definition) is 4. The highest BCUT2D eigenvalue weighted by molar-refractivity contribution is 6.08. The highest BCUT2D eigenvalue weighted by Crippen LogP contribution is 2.20.